The summed E-state index contributed by atoms with van der Waals surface area (Å²) in [5, 5.41) is 8.36. The summed E-state index contributed by atoms with van der Waals surface area (Å²) in [6, 6.07) is 35.6. The van der Waals surface area contributed by atoms with Crippen molar-refractivity contribution in [2.24, 2.45) is 0 Å². The van der Waals surface area contributed by atoms with Crippen LogP contribution < -0.4 is 0 Å². The first kappa shape index (κ1) is 25.8. The van der Waals surface area contributed by atoms with Crippen LogP contribution in [0.5, 0.6) is 0 Å². The van der Waals surface area contributed by atoms with Crippen LogP contribution in [-0.2, 0) is 24.9 Å². The molecule has 0 saturated heterocycles. The zero-order valence-corrected chi connectivity index (χ0v) is 21.8. The second-order valence-corrected chi connectivity index (χ2v) is 7.75. The molecule has 0 bridgehead atoms. The zero-order chi connectivity index (χ0) is 23.9. The van der Waals surface area contributed by atoms with Crippen LogP contribution in [0.1, 0.15) is 13.8 Å². The van der Waals surface area contributed by atoms with Crippen LogP contribution in [0.3, 0.4) is 0 Å². The summed E-state index contributed by atoms with van der Waals surface area (Å²) in [5.41, 5.74) is 6.68. The van der Waals surface area contributed by atoms with Crippen molar-refractivity contribution in [1.82, 2.24) is 4.98 Å². The number of fused-ring (bicyclic) bond motifs is 1. The third-order valence-electron chi connectivity index (χ3n) is 5.03. The molecule has 0 atom stereocenters. The minimum absolute atomic E-state index is 0. The van der Waals surface area contributed by atoms with Crippen molar-refractivity contribution in [2.45, 2.75) is 13.8 Å². The second kappa shape index (κ2) is 12.1. The Morgan fingerprint density at radius 1 is 0.857 bits per heavy atom. The molecule has 0 unspecified atom stereocenters. The third kappa shape index (κ3) is 6.42. The summed E-state index contributed by atoms with van der Waals surface area (Å²) in [6.45, 7) is 2.85. The average Bonchev–Trinajstić information content (AvgIpc) is 3.24. The predicted molar refractivity (Wildman–Crippen MR) is 136 cm³/mol. The maximum Gasteiger partial charge on any atom is 0.155 e. The van der Waals surface area contributed by atoms with Crippen LogP contribution in [0.15, 0.2) is 113 Å². The molecule has 0 amide bonds. The van der Waals surface area contributed by atoms with Gasteiger partial charge in [-0.3, -0.25) is 9.78 Å². The first-order valence-electron chi connectivity index (χ1n) is 10.9. The molecule has 2 aromatic heterocycles. The number of pyridine rings is 1. The number of aromatic nitrogens is 1. The number of carbonyl (C=O) groups excluding carboxylic acids is 1. The molecule has 1 radical (unpaired) electrons. The van der Waals surface area contributed by atoms with Gasteiger partial charge in [-0.15, -0.1) is 35.9 Å². The van der Waals surface area contributed by atoms with E-state index in [1.54, 1.807) is 0 Å². The molecule has 0 saturated carbocycles. The van der Waals surface area contributed by atoms with Crippen LogP contribution in [0, 0.1) is 6.07 Å². The Balaban J connectivity index is 0.000000378. The first-order chi connectivity index (χ1) is 16.5. The smallest absolute Gasteiger partial charge is 0.155 e. The Hall–Kier alpha value is -3.79. The summed E-state index contributed by atoms with van der Waals surface area (Å²) in [4.78, 5) is 15.0. The molecular formula is C30H24IrNO3-. The molecule has 3 aromatic carbocycles. The molecule has 5 heteroatoms. The van der Waals surface area contributed by atoms with Gasteiger partial charge in [0.05, 0.1) is 11.3 Å². The van der Waals surface area contributed by atoms with Crippen molar-refractivity contribution in [3.05, 3.63) is 115 Å². The molecule has 2 heterocycles. The molecule has 5 rings (SSSR count). The van der Waals surface area contributed by atoms with E-state index in [-0.39, 0.29) is 31.6 Å². The molecular weight excluding hydrogens is 615 g/mol. The van der Waals surface area contributed by atoms with Gasteiger partial charge in [0.25, 0.3) is 0 Å². The zero-order valence-electron chi connectivity index (χ0n) is 19.4. The van der Waals surface area contributed by atoms with E-state index in [0.717, 1.165) is 44.8 Å². The van der Waals surface area contributed by atoms with Crippen LogP contribution >= 0.6 is 0 Å². The summed E-state index contributed by atoms with van der Waals surface area (Å²) < 4.78 is 6.26. The van der Waals surface area contributed by atoms with Crippen LogP contribution in [-0.4, -0.2) is 15.9 Å². The first-order valence-corrected chi connectivity index (χ1v) is 10.9. The van der Waals surface area contributed by atoms with Gasteiger partial charge in [-0.25, -0.2) is 0 Å². The second-order valence-electron chi connectivity index (χ2n) is 7.75. The number of hydrogen-bond acceptors (Lipinski definition) is 4. The molecule has 5 aromatic rings. The van der Waals surface area contributed by atoms with Crippen LogP contribution in [0.4, 0.5) is 0 Å². The largest absolute Gasteiger partial charge is 0.512 e. The Morgan fingerprint density at radius 2 is 1.49 bits per heavy atom. The van der Waals surface area contributed by atoms with Crippen molar-refractivity contribution >= 4 is 16.9 Å². The van der Waals surface area contributed by atoms with E-state index in [9.17, 15) is 4.79 Å². The number of rotatable bonds is 4. The summed E-state index contributed by atoms with van der Waals surface area (Å²) >= 11 is 0. The number of aliphatic hydroxyl groups excluding tert-OH is 1. The van der Waals surface area contributed by atoms with Crippen LogP contribution in [0.2, 0.25) is 0 Å². The number of aliphatic hydroxyl groups is 1. The maximum atomic E-state index is 10.0. The predicted octanol–water partition coefficient (Wildman–Crippen LogP) is 7.66. The summed E-state index contributed by atoms with van der Waals surface area (Å²) in [6.07, 6.45) is 1.17. The number of benzene rings is 3. The fraction of sp³-hybridized carbons (Fsp3) is 0.0667. The molecule has 1 N–H and O–H groups in total. The van der Waals surface area contributed by atoms with E-state index < -0.39 is 0 Å². The number of hydrogen-bond donors (Lipinski definition) is 1. The van der Waals surface area contributed by atoms with Crippen molar-refractivity contribution in [2.75, 3.05) is 0 Å². The van der Waals surface area contributed by atoms with Gasteiger partial charge >= 0.3 is 0 Å². The van der Waals surface area contributed by atoms with Crippen molar-refractivity contribution in [1.29, 1.82) is 0 Å². The van der Waals surface area contributed by atoms with E-state index in [4.69, 9.17) is 14.5 Å². The number of nitrogens with zero attached hydrogens (tertiary/aromatic N) is 1. The Morgan fingerprint density at radius 3 is 2.03 bits per heavy atom. The Bertz CT molecular complexity index is 1420. The third-order valence-corrected chi connectivity index (χ3v) is 5.03. The van der Waals surface area contributed by atoms with Gasteiger partial charge in [-0.05, 0) is 31.2 Å². The molecule has 0 spiro atoms. The normalized spacial score (nSPS) is 10.7. The molecule has 0 fully saturated rings. The quantitative estimate of drug-likeness (QED) is 0.125. The maximum absolute atomic E-state index is 10.0. The molecule has 35 heavy (non-hydrogen) atoms. The van der Waals surface area contributed by atoms with Gasteiger partial charge in [-0.2, -0.15) is 0 Å². The summed E-state index contributed by atoms with van der Waals surface area (Å²) in [5.74, 6) is 0.783. The van der Waals surface area contributed by atoms with Gasteiger partial charge in [0.15, 0.2) is 11.4 Å². The average molecular weight is 639 g/mol. The van der Waals surface area contributed by atoms with Crippen molar-refractivity contribution in [3.8, 4) is 33.7 Å². The van der Waals surface area contributed by atoms with Crippen molar-refractivity contribution in [3.63, 3.8) is 0 Å². The number of furan rings is 1. The molecule has 177 valence electrons. The Labute approximate surface area is 218 Å². The molecule has 0 aliphatic rings. The molecule has 0 aliphatic carbocycles. The molecule has 0 aliphatic heterocycles. The minimum atomic E-state index is -0.125. The summed E-state index contributed by atoms with van der Waals surface area (Å²) in [7, 11) is 0. The standard InChI is InChI=1S/C25H16NO.C5H8O2.Ir/c1-4-10-18(11-5-1)21-16-17-22-24(26-21)23(19-12-6-2-7-13-19)25(27-22)20-14-8-3-9-15-20;1-4(6)3-5(2)7;/h1-10,12-17H;3,6H,1-2H3;/q-1;;/b;4-3-;. The van der Waals surface area contributed by atoms with Gasteiger partial charge < -0.3 is 9.52 Å². The van der Waals surface area contributed by atoms with Gasteiger partial charge in [0.1, 0.15) is 11.3 Å². The van der Waals surface area contributed by atoms with Crippen molar-refractivity contribution < 1.29 is 34.4 Å². The van der Waals surface area contributed by atoms with E-state index >= 15 is 0 Å². The van der Waals surface area contributed by atoms with Gasteiger partial charge in [0.2, 0.25) is 0 Å². The fourth-order valence-corrected chi connectivity index (χ4v) is 3.64. The van der Waals surface area contributed by atoms with Gasteiger partial charge in [0, 0.05) is 31.7 Å². The monoisotopic (exact) mass is 639 g/mol. The fourth-order valence-electron chi connectivity index (χ4n) is 3.64. The number of carbonyl (C=O) groups is 1. The number of ketones is 1. The van der Waals surface area contributed by atoms with E-state index in [0.29, 0.717) is 0 Å². The Kier molecular flexibility index (Phi) is 8.91. The van der Waals surface area contributed by atoms with E-state index in [2.05, 4.69) is 30.3 Å². The van der Waals surface area contributed by atoms with Crippen LogP contribution in [0.25, 0.3) is 44.8 Å². The molecule has 4 nitrogen and oxygen atoms in total. The van der Waals surface area contributed by atoms with E-state index in [1.807, 2.05) is 72.8 Å². The minimum Gasteiger partial charge on any atom is -0.512 e. The SMILES string of the molecule is CC(=O)/C=C(/C)O.[Ir].[c-]1ccccc1-c1ccc2oc(-c3ccccc3)c(-c3ccccc3)c2n1. The topological polar surface area (TPSA) is 63.3 Å². The van der Waals surface area contributed by atoms with Gasteiger partial charge in [-0.1, -0.05) is 66.7 Å². The number of allylic oxidation sites excluding steroid dienone is 2. The van der Waals surface area contributed by atoms with E-state index in [1.165, 1.54) is 19.9 Å².